The van der Waals surface area contributed by atoms with Crippen molar-refractivity contribution in [3.05, 3.63) is 59.1 Å². The molecule has 0 amide bonds. The molecule has 1 radical (unpaired) electrons. The number of isothiocyanates is 4. The maximum atomic E-state index is 7.13. The number of hydrogen-bond donors (Lipinski definition) is 0. The first kappa shape index (κ1) is 37.8. The van der Waals surface area contributed by atoms with Gasteiger partial charge in [0.1, 0.15) is 24.8 Å². The van der Waals surface area contributed by atoms with Crippen LogP contribution in [0.25, 0.3) is 21.6 Å². The van der Waals surface area contributed by atoms with Crippen LogP contribution in [0.3, 0.4) is 0 Å². The molecule has 2 aromatic heterocycles. The Bertz CT molecular complexity index is 660. The first-order valence-corrected chi connectivity index (χ1v) is 9.02. The van der Waals surface area contributed by atoms with E-state index in [0.29, 0.717) is 0 Å². The van der Waals surface area contributed by atoms with Crippen LogP contribution in [0.5, 0.6) is 0 Å². The molecule has 2 heterocycles. The van der Waals surface area contributed by atoms with Crippen molar-refractivity contribution in [1.82, 2.24) is 9.13 Å². The Morgan fingerprint density at radius 1 is 0.690 bits per heavy atom. The molecule has 0 spiro atoms. The zero-order valence-electron chi connectivity index (χ0n) is 16.4. The second kappa shape index (κ2) is 33.7. The summed E-state index contributed by atoms with van der Waals surface area (Å²) in [6, 6.07) is 0. The van der Waals surface area contributed by atoms with Crippen molar-refractivity contribution in [1.29, 1.82) is 0 Å². The molecule has 0 aliphatic heterocycles. The van der Waals surface area contributed by atoms with E-state index in [9.17, 15) is 0 Å². The van der Waals surface area contributed by atoms with Crippen molar-refractivity contribution in [2.24, 2.45) is 14.1 Å². The third kappa shape index (κ3) is 37.5. The van der Waals surface area contributed by atoms with E-state index in [1.165, 1.54) is 20.6 Å². The molecule has 0 bridgehead atoms. The topological polar surface area (TPSA) is 107 Å². The largest absolute Gasteiger partial charge is 2.00 e. The predicted octanol–water partition coefficient (Wildman–Crippen LogP) is 3.30. The number of aromatic nitrogens is 4. The summed E-state index contributed by atoms with van der Waals surface area (Å²) < 4.78 is 8.31. The standard InChI is InChI=1S/2C6H11N2.4CNS.Co/c2*1-3-8-5-4-7(2)6-8;4*2-1-3;/h2*4-6H,3H2,1-2H3;;;;;/q2*+1;4*-1;+2. The van der Waals surface area contributed by atoms with Crippen LogP contribution in [-0.4, -0.2) is 29.8 Å². The monoisotopic (exact) mass is 513 g/mol. The number of nitrogens with zero attached hydrogens (tertiary/aromatic N) is 8. The van der Waals surface area contributed by atoms with E-state index in [1.807, 2.05) is 35.6 Å². The average Bonchev–Trinajstić information content (AvgIpc) is 3.26. The Hall–Kier alpha value is -1.87. The van der Waals surface area contributed by atoms with Gasteiger partial charge in [-0.05, 0) is 13.8 Å². The molecular weight excluding hydrogens is 491 g/mol. The quantitative estimate of drug-likeness (QED) is 0.349. The minimum absolute atomic E-state index is 0. The molecule has 29 heavy (non-hydrogen) atoms. The number of aryl methyl sites for hydroxylation is 4. The molecule has 2 aromatic rings. The first-order chi connectivity index (χ1) is 13.3. The summed E-state index contributed by atoms with van der Waals surface area (Å²) in [7, 11) is 4.04. The Morgan fingerprint density at radius 3 is 0.966 bits per heavy atom. The fourth-order valence-corrected chi connectivity index (χ4v) is 1.38. The molecule has 0 fully saturated rings. The fourth-order valence-electron chi connectivity index (χ4n) is 1.38. The minimum Gasteiger partial charge on any atom is -0.753 e. The van der Waals surface area contributed by atoms with Crippen molar-refractivity contribution < 1.29 is 25.9 Å². The molecule has 8 nitrogen and oxygen atoms in total. The van der Waals surface area contributed by atoms with Crippen LogP contribution in [0.1, 0.15) is 13.8 Å². The molecule has 0 saturated heterocycles. The molecule has 0 N–H and O–H groups in total. The Labute approximate surface area is 203 Å². The van der Waals surface area contributed by atoms with Gasteiger partial charge in [0.05, 0.1) is 27.2 Å². The summed E-state index contributed by atoms with van der Waals surface area (Å²) in [6.45, 7) is 6.36. The number of hydrogen-bond acceptors (Lipinski definition) is 4. The van der Waals surface area contributed by atoms with Crippen LogP contribution >= 0.6 is 48.9 Å². The van der Waals surface area contributed by atoms with Gasteiger partial charge < -0.3 is 21.6 Å². The van der Waals surface area contributed by atoms with Gasteiger partial charge in [-0.1, -0.05) is 48.9 Å². The van der Waals surface area contributed by atoms with Crippen LogP contribution < -0.4 is 9.13 Å². The van der Waals surface area contributed by atoms with Crippen molar-refractivity contribution in [2.45, 2.75) is 26.9 Å². The number of thiocarbonyl (C=S) groups is 4. The Balaban J connectivity index is -0.0000000856. The van der Waals surface area contributed by atoms with Crippen LogP contribution in [0.4, 0.5) is 0 Å². The molecule has 0 atom stereocenters. The van der Waals surface area contributed by atoms with Crippen molar-refractivity contribution in [2.75, 3.05) is 0 Å². The van der Waals surface area contributed by atoms with E-state index >= 15 is 0 Å². The van der Waals surface area contributed by atoms with Crippen molar-refractivity contribution >= 4 is 69.5 Å². The Morgan fingerprint density at radius 2 is 0.897 bits per heavy atom. The molecule has 0 unspecified atom stereocenters. The molecule has 0 aliphatic carbocycles. The van der Waals surface area contributed by atoms with E-state index in [4.69, 9.17) is 21.6 Å². The van der Waals surface area contributed by atoms with Gasteiger partial charge in [0.2, 0.25) is 12.7 Å². The molecular formula is C16H22CoN8S4. The summed E-state index contributed by atoms with van der Waals surface area (Å²) in [5.41, 5.74) is 0. The van der Waals surface area contributed by atoms with Gasteiger partial charge in [-0.2, -0.15) is 20.6 Å². The number of rotatable bonds is 2. The van der Waals surface area contributed by atoms with Crippen LogP contribution in [0, 0.1) is 0 Å². The number of imidazole rings is 2. The molecule has 13 heteroatoms. The summed E-state index contributed by atoms with van der Waals surface area (Å²) in [4.78, 5) is 0. The summed E-state index contributed by atoms with van der Waals surface area (Å²) >= 11 is 14.8. The molecule has 0 aliphatic rings. The minimum atomic E-state index is 0. The zero-order chi connectivity index (χ0) is 22.8. The second-order valence-corrected chi connectivity index (χ2v) is 4.91. The van der Waals surface area contributed by atoms with Gasteiger partial charge in [0, 0.05) is 0 Å². The third-order valence-electron chi connectivity index (χ3n) is 2.38. The van der Waals surface area contributed by atoms with E-state index in [0.717, 1.165) is 13.1 Å². The van der Waals surface area contributed by atoms with E-state index in [-0.39, 0.29) is 16.8 Å². The average molecular weight is 514 g/mol. The van der Waals surface area contributed by atoms with E-state index in [1.54, 1.807) is 0 Å². The zero-order valence-corrected chi connectivity index (χ0v) is 20.7. The summed E-state index contributed by atoms with van der Waals surface area (Å²) in [6.07, 6.45) is 12.3. The Kier molecular flexibility index (Phi) is 43.9. The van der Waals surface area contributed by atoms with Gasteiger partial charge in [-0.25, -0.2) is 18.3 Å². The van der Waals surface area contributed by atoms with Gasteiger partial charge >= 0.3 is 16.8 Å². The molecule has 159 valence electrons. The van der Waals surface area contributed by atoms with Crippen LogP contribution in [0.15, 0.2) is 37.4 Å². The van der Waals surface area contributed by atoms with Gasteiger partial charge in [-0.3, -0.25) is 0 Å². The van der Waals surface area contributed by atoms with Crippen LogP contribution in [-0.2, 0) is 44.0 Å². The normalized spacial score (nSPS) is 6.48. The SMILES string of the molecule is CCn1cc[n+](C)c1.CCn1cc[n+](C)c1.[Co+2].[N-]=C=S.[N-]=C=S.[N-]=C=S.[N-]=C=S. The molecule has 0 aromatic carbocycles. The maximum absolute atomic E-state index is 7.13. The second-order valence-electron chi connectivity index (χ2n) is 4.18. The van der Waals surface area contributed by atoms with E-state index in [2.05, 4.69) is 96.9 Å². The van der Waals surface area contributed by atoms with Gasteiger partial charge in [0.15, 0.2) is 0 Å². The van der Waals surface area contributed by atoms with Crippen molar-refractivity contribution in [3.63, 3.8) is 0 Å². The predicted molar refractivity (Wildman–Crippen MR) is 126 cm³/mol. The third-order valence-corrected chi connectivity index (χ3v) is 2.38. The van der Waals surface area contributed by atoms with Crippen LogP contribution in [0.2, 0.25) is 0 Å². The van der Waals surface area contributed by atoms with E-state index < -0.39 is 0 Å². The molecule has 2 rings (SSSR count). The molecule has 0 saturated carbocycles. The van der Waals surface area contributed by atoms with Gasteiger partial charge in [0.25, 0.3) is 0 Å². The van der Waals surface area contributed by atoms with Crippen molar-refractivity contribution in [3.8, 4) is 0 Å². The van der Waals surface area contributed by atoms with Gasteiger partial charge in [-0.15, -0.1) is 0 Å². The summed E-state index contributed by atoms with van der Waals surface area (Å²) in [5, 5.41) is 33.9. The first-order valence-electron chi connectivity index (χ1n) is 7.38. The summed E-state index contributed by atoms with van der Waals surface area (Å²) in [5.74, 6) is 0. The maximum Gasteiger partial charge on any atom is 2.00 e. The fraction of sp³-hybridized carbons (Fsp3) is 0.375. The smallest absolute Gasteiger partial charge is 0.753 e.